The van der Waals surface area contributed by atoms with Gasteiger partial charge in [-0.2, -0.15) is 0 Å². The summed E-state index contributed by atoms with van der Waals surface area (Å²) in [6.45, 7) is 0. The van der Waals surface area contributed by atoms with Gasteiger partial charge in [-0.05, 0) is 25.7 Å². The first-order chi connectivity index (χ1) is 8.22. The zero-order valence-electron chi connectivity index (χ0n) is 10.0. The predicted molar refractivity (Wildman–Crippen MR) is 63.6 cm³/mol. The van der Waals surface area contributed by atoms with Crippen molar-refractivity contribution in [2.45, 2.75) is 43.8 Å². The Morgan fingerprint density at radius 1 is 1.47 bits per heavy atom. The fraction of sp³-hybridized carbons (Fsp3) is 0.667. The summed E-state index contributed by atoms with van der Waals surface area (Å²) in [4.78, 5) is 16.0. The second-order valence-corrected chi connectivity index (χ2v) is 5.17. The molecule has 2 atom stereocenters. The third kappa shape index (κ3) is 2.07. The molecule has 2 saturated heterocycles. The number of nitrogens with zero attached hydrogens (tertiary/aromatic N) is 2. The standard InChI is InChI=1S/C12H18N4O/c1-16-7-13-6-11(16)12(17)15-10-4-8-2-3-9(5-10)14-8/h6-10,14H,2-5H2,1H3,(H,15,17). The number of piperidine rings is 1. The van der Waals surface area contributed by atoms with Gasteiger partial charge in [-0.25, -0.2) is 4.98 Å². The van der Waals surface area contributed by atoms with Gasteiger partial charge >= 0.3 is 0 Å². The lowest BCUT2D eigenvalue weighted by molar-refractivity contribution is 0.0915. The molecule has 3 rings (SSSR count). The van der Waals surface area contributed by atoms with Gasteiger partial charge < -0.3 is 15.2 Å². The van der Waals surface area contributed by atoms with E-state index in [0.29, 0.717) is 23.8 Å². The molecule has 0 spiro atoms. The zero-order valence-corrected chi connectivity index (χ0v) is 10.0. The van der Waals surface area contributed by atoms with Crippen molar-refractivity contribution >= 4 is 5.91 Å². The molecule has 1 aromatic heterocycles. The Kier molecular flexibility index (Phi) is 2.63. The van der Waals surface area contributed by atoms with Crippen LogP contribution < -0.4 is 10.6 Å². The summed E-state index contributed by atoms with van der Waals surface area (Å²) in [5.41, 5.74) is 0.635. The van der Waals surface area contributed by atoms with Gasteiger partial charge in [0.15, 0.2) is 0 Å². The van der Waals surface area contributed by atoms with E-state index >= 15 is 0 Å². The van der Waals surface area contributed by atoms with Crippen molar-refractivity contribution < 1.29 is 4.79 Å². The van der Waals surface area contributed by atoms with Crippen LogP contribution in [0.15, 0.2) is 12.5 Å². The van der Waals surface area contributed by atoms with Crippen LogP contribution in [-0.2, 0) is 7.05 Å². The van der Waals surface area contributed by atoms with Gasteiger partial charge in [0.2, 0.25) is 0 Å². The van der Waals surface area contributed by atoms with Crippen LogP contribution in [-0.4, -0.2) is 33.6 Å². The molecule has 2 aliphatic rings. The monoisotopic (exact) mass is 234 g/mol. The average molecular weight is 234 g/mol. The van der Waals surface area contributed by atoms with Crippen molar-refractivity contribution in [2.24, 2.45) is 7.05 Å². The van der Waals surface area contributed by atoms with Crippen LogP contribution >= 0.6 is 0 Å². The maximum absolute atomic E-state index is 12.0. The number of nitrogens with one attached hydrogen (secondary N) is 2. The minimum atomic E-state index is -0.00343. The molecule has 2 unspecified atom stereocenters. The van der Waals surface area contributed by atoms with Gasteiger partial charge in [0.1, 0.15) is 5.69 Å². The van der Waals surface area contributed by atoms with Gasteiger partial charge in [0.25, 0.3) is 5.91 Å². The minimum Gasteiger partial charge on any atom is -0.348 e. The molecule has 0 radical (unpaired) electrons. The number of hydrogen-bond donors (Lipinski definition) is 2. The van der Waals surface area contributed by atoms with Crippen LogP contribution in [0.3, 0.4) is 0 Å². The molecular weight excluding hydrogens is 216 g/mol. The molecular formula is C12H18N4O. The molecule has 5 nitrogen and oxygen atoms in total. The van der Waals surface area contributed by atoms with E-state index in [0.717, 1.165) is 12.8 Å². The van der Waals surface area contributed by atoms with E-state index in [9.17, 15) is 4.79 Å². The van der Waals surface area contributed by atoms with Crippen molar-refractivity contribution in [3.05, 3.63) is 18.2 Å². The summed E-state index contributed by atoms with van der Waals surface area (Å²) >= 11 is 0. The third-order valence-electron chi connectivity index (χ3n) is 3.86. The van der Waals surface area contributed by atoms with E-state index < -0.39 is 0 Å². The molecule has 0 aromatic carbocycles. The molecule has 2 bridgehead atoms. The Balaban J connectivity index is 1.64. The summed E-state index contributed by atoms with van der Waals surface area (Å²) in [6.07, 6.45) is 7.89. The van der Waals surface area contributed by atoms with Crippen LogP contribution in [0.2, 0.25) is 0 Å². The lowest BCUT2D eigenvalue weighted by atomic mass is 10.00. The highest BCUT2D eigenvalue weighted by atomic mass is 16.2. The third-order valence-corrected chi connectivity index (χ3v) is 3.86. The van der Waals surface area contributed by atoms with E-state index in [4.69, 9.17) is 0 Å². The smallest absolute Gasteiger partial charge is 0.269 e. The maximum atomic E-state index is 12.0. The van der Waals surface area contributed by atoms with Crippen LogP contribution in [0.25, 0.3) is 0 Å². The lowest BCUT2D eigenvalue weighted by Crippen LogP contribution is -2.48. The molecule has 2 fully saturated rings. The van der Waals surface area contributed by atoms with E-state index in [1.54, 1.807) is 17.1 Å². The van der Waals surface area contributed by atoms with Crippen LogP contribution in [0.5, 0.6) is 0 Å². The molecule has 0 aliphatic carbocycles. The second-order valence-electron chi connectivity index (χ2n) is 5.17. The molecule has 92 valence electrons. The van der Waals surface area contributed by atoms with Gasteiger partial charge in [-0.3, -0.25) is 4.79 Å². The molecule has 2 aliphatic heterocycles. The molecule has 1 amide bonds. The normalized spacial score (nSPS) is 31.5. The molecule has 0 saturated carbocycles. The van der Waals surface area contributed by atoms with Gasteiger partial charge in [-0.15, -0.1) is 0 Å². The first-order valence-corrected chi connectivity index (χ1v) is 6.25. The Hall–Kier alpha value is -1.36. The summed E-state index contributed by atoms with van der Waals surface area (Å²) < 4.78 is 1.75. The van der Waals surface area contributed by atoms with Crippen molar-refractivity contribution in [3.63, 3.8) is 0 Å². The van der Waals surface area contributed by atoms with Crippen molar-refractivity contribution in [1.29, 1.82) is 0 Å². The minimum absolute atomic E-state index is 0.00343. The van der Waals surface area contributed by atoms with Crippen LogP contribution in [0, 0.1) is 0 Å². The molecule has 2 N–H and O–H groups in total. The lowest BCUT2D eigenvalue weighted by Gasteiger charge is -2.29. The highest BCUT2D eigenvalue weighted by molar-refractivity contribution is 5.92. The van der Waals surface area contributed by atoms with Crippen LogP contribution in [0.1, 0.15) is 36.2 Å². The van der Waals surface area contributed by atoms with E-state index in [1.165, 1.54) is 12.8 Å². The quantitative estimate of drug-likeness (QED) is 0.780. The van der Waals surface area contributed by atoms with Crippen molar-refractivity contribution in [2.75, 3.05) is 0 Å². The summed E-state index contributed by atoms with van der Waals surface area (Å²) in [6, 6.07) is 1.52. The fourth-order valence-electron chi connectivity index (χ4n) is 3.01. The fourth-order valence-corrected chi connectivity index (χ4v) is 3.01. The Bertz CT molecular complexity index is 416. The second kappa shape index (κ2) is 4.14. The average Bonchev–Trinajstić information content (AvgIpc) is 2.85. The highest BCUT2D eigenvalue weighted by Gasteiger charge is 2.34. The van der Waals surface area contributed by atoms with Gasteiger partial charge in [-0.1, -0.05) is 0 Å². The zero-order chi connectivity index (χ0) is 11.8. The number of fused-ring (bicyclic) bond motifs is 2. The molecule has 1 aromatic rings. The largest absolute Gasteiger partial charge is 0.348 e. The van der Waals surface area contributed by atoms with E-state index in [2.05, 4.69) is 15.6 Å². The van der Waals surface area contributed by atoms with E-state index in [-0.39, 0.29) is 5.91 Å². The number of rotatable bonds is 2. The number of carbonyl (C=O) groups is 1. The topological polar surface area (TPSA) is 59.0 Å². The number of amides is 1. The van der Waals surface area contributed by atoms with Crippen molar-refractivity contribution in [1.82, 2.24) is 20.2 Å². The summed E-state index contributed by atoms with van der Waals surface area (Å²) in [5, 5.41) is 6.69. The summed E-state index contributed by atoms with van der Waals surface area (Å²) in [7, 11) is 1.84. The van der Waals surface area contributed by atoms with Gasteiger partial charge in [0.05, 0.1) is 12.5 Å². The summed E-state index contributed by atoms with van der Waals surface area (Å²) in [5.74, 6) is -0.00343. The van der Waals surface area contributed by atoms with Crippen molar-refractivity contribution in [3.8, 4) is 0 Å². The SMILES string of the molecule is Cn1cncc1C(=O)NC1CC2CCC(C1)N2. The number of aromatic nitrogens is 2. The first-order valence-electron chi connectivity index (χ1n) is 6.25. The number of imidazole rings is 1. The van der Waals surface area contributed by atoms with Gasteiger partial charge in [0, 0.05) is 25.2 Å². The number of carbonyl (C=O) groups excluding carboxylic acids is 1. The molecule has 3 heterocycles. The Labute approximate surface area is 101 Å². The predicted octanol–water partition coefficient (Wildman–Crippen LogP) is 0.433. The first kappa shape index (κ1) is 10.8. The number of hydrogen-bond acceptors (Lipinski definition) is 3. The Morgan fingerprint density at radius 2 is 2.18 bits per heavy atom. The molecule has 17 heavy (non-hydrogen) atoms. The number of aryl methyl sites for hydroxylation is 1. The molecule has 5 heteroatoms. The Morgan fingerprint density at radius 3 is 2.76 bits per heavy atom. The maximum Gasteiger partial charge on any atom is 0.269 e. The van der Waals surface area contributed by atoms with Crippen LogP contribution in [0.4, 0.5) is 0 Å². The highest BCUT2D eigenvalue weighted by Crippen LogP contribution is 2.26. The van der Waals surface area contributed by atoms with E-state index in [1.807, 2.05) is 7.05 Å².